The molecule has 6 heteroatoms. The van der Waals surface area contributed by atoms with E-state index in [2.05, 4.69) is 16.8 Å². The van der Waals surface area contributed by atoms with Gasteiger partial charge in [0.25, 0.3) is 0 Å². The Labute approximate surface area is 131 Å². The van der Waals surface area contributed by atoms with Crippen LogP contribution < -0.4 is 9.47 Å². The summed E-state index contributed by atoms with van der Waals surface area (Å²) in [6, 6.07) is 3.45. The molecule has 1 aliphatic rings. The summed E-state index contributed by atoms with van der Waals surface area (Å²) in [5.74, 6) is 1.11. The van der Waals surface area contributed by atoms with Gasteiger partial charge in [0, 0.05) is 32.7 Å². The predicted octanol–water partition coefficient (Wildman–Crippen LogP) is 1.47. The van der Waals surface area contributed by atoms with E-state index in [4.69, 9.17) is 21.1 Å². The summed E-state index contributed by atoms with van der Waals surface area (Å²) in [6.45, 7) is 5.68. The number of nitrogens with zero attached hydrogens (tertiary/aromatic N) is 2. The third-order valence-corrected chi connectivity index (χ3v) is 4.00. The van der Waals surface area contributed by atoms with Gasteiger partial charge in [0.2, 0.25) is 0 Å². The van der Waals surface area contributed by atoms with Crippen LogP contribution in [0.4, 0.5) is 0 Å². The lowest BCUT2D eigenvalue weighted by Gasteiger charge is -2.32. The van der Waals surface area contributed by atoms with Crippen LogP contribution in [0.3, 0.4) is 0 Å². The maximum atomic E-state index is 9.17. The van der Waals surface area contributed by atoms with Gasteiger partial charge in [0.15, 0.2) is 11.5 Å². The van der Waals surface area contributed by atoms with Crippen LogP contribution in [0.5, 0.6) is 11.5 Å². The number of likely N-dealkylation sites (N-methyl/N-ethyl adjacent to an activating group) is 1. The van der Waals surface area contributed by atoms with Gasteiger partial charge in [-0.05, 0) is 24.7 Å². The number of halogens is 1. The van der Waals surface area contributed by atoms with Gasteiger partial charge in [-0.25, -0.2) is 0 Å². The van der Waals surface area contributed by atoms with Gasteiger partial charge in [-0.2, -0.15) is 0 Å². The molecule has 0 saturated carbocycles. The number of hydrogen-bond acceptors (Lipinski definition) is 5. The van der Waals surface area contributed by atoms with Gasteiger partial charge in [0.1, 0.15) is 6.61 Å². The first-order valence-electron chi connectivity index (χ1n) is 7.15. The summed E-state index contributed by atoms with van der Waals surface area (Å²) in [4.78, 5) is 4.70. The number of aliphatic hydroxyl groups is 1. The molecule has 5 nitrogen and oxygen atoms in total. The summed E-state index contributed by atoms with van der Waals surface area (Å²) >= 11 is 6.20. The first-order chi connectivity index (χ1) is 10.1. The maximum Gasteiger partial charge on any atom is 0.179 e. The molecule has 0 spiro atoms. The van der Waals surface area contributed by atoms with E-state index in [1.165, 1.54) is 0 Å². The minimum absolute atomic E-state index is 0.0718. The van der Waals surface area contributed by atoms with Crippen LogP contribution in [0.15, 0.2) is 12.1 Å². The Hall–Kier alpha value is -1.01. The molecule has 2 rings (SSSR count). The van der Waals surface area contributed by atoms with E-state index in [-0.39, 0.29) is 6.61 Å². The quantitative estimate of drug-likeness (QED) is 0.861. The molecule has 0 bridgehead atoms. The number of methoxy groups -OCH3 is 1. The molecule has 0 unspecified atom stereocenters. The van der Waals surface area contributed by atoms with Crippen molar-refractivity contribution >= 4 is 11.6 Å². The molecule has 1 aromatic carbocycles. The summed E-state index contributed by atoms with van der Waals surface area (Å²) < 4.78 is 11.1. The van der Waals surface area contributed by atoms with Crippen LogP contribution in [0.25, 0.3) is 0 Å². The number of ether oxygens (including phenoxy) is 2. The van der Waals surface area contributed by atoms with Crippen molar-refractivity contribution in [2.75, 3.05) is 53.5 Å². The van der Waals surface area contributed by atoms with Gasteiger partial charge in [-0.1, -0.05) is 11.6 Å². The Morgan fingerprint density at radius 3 is 2.57 bits per heavy atom. The Bertz CT molecular complexity index is 462. The Kier molecular flexibility index (Phi) is 6.11. The lowest BCUT2D eigenvalue weighted by atomic mass is 10.2. The fourth-order valence-electron chi connectivity index (χ4n) is 2.35. The van der Waals surface area contributed by atoms with Gasteiger partial charge in [0.05, 0.1) is 18.7 Å². The lowest BCUT2D eigenvalue weighted by Crippen LogP contribution is -2.45. The molecular weight excluding hydrogens is 292 g/mol. The number of aliphatic hydroxyl groups excluding tert-OH is 1. The van der Waals surface area contributed by atoms with Crippen molar-refractivity contribution in [2.24, 2.45) is 0 Å². The van der Waals surface area contributed by atoms with Crippen LogP contribution in [-0.4, -0.2) is 68.4 Å². The first kappa shape index (κ1) is 16.4. The standard InChI is InChI=1S/C15H23ClN2O3/c1-17-3-5-18(6-4-17)7-8-21-15-13(16)9-12(11-19)10-14(15)20-2/h9-10,19H,3-8,11H2,1-2H3. The van der Waals surface area contributed by atoms with Gasteiger partial charge >= 0.3 is 0 Å². The molecule has 0 aromatic heterocycles. The minimum Gasteiger partial charge on any atom is -0.493 e. The van der Waals surface area contributed by atoms with Crippen molar-refractivity contribution in [1.82, 2.24) is 9.80 Å². The zero-order chi connectivity index (χ0) is 15.2. The number of rotatable bonds is 6. The van der Waals surface area contributed by atoms with Crippen molar-refractivity contribution in [3.8, 4) is 11.5 Å². The zero-order valence-electron chi connectivity index (χ0n) is 12.6. The highest BCUT2D eigenvalue weighted by atomic mass is 35.5. The average molecular weight is 315 g/mol. The van der Waals surface area contributed by atoms with E-state index in [0.29, 0.717) is 28.7 Å². The molecule has 1 saturated heterocycles. The van der Waals surface area contributed by atoms with Crippen LogP contribution in [0, 0.1) is 0 Å². The second-order valence-corrected chi connectivity index (χ2v) is 5.67. The fraction of sp³-hybridized carbons (Fsp3) is 0.600. The highest BCUT2D eigenvalue weighted by molar-refractivity contribution is 6.32. The number of hydrogen-bond donors (Lipinski definition) is 1. The second kappa shape index (κ2) is 7.84. The maximum absolute atomic E-state index is 9.17. The normalized spacial score (nSPS) is 17.0. The van der Waals surface area contributed by atoms with Crippen molar-refractivity contribution in [2.45, 2.75) is 6.61 Å². The molecule has 1 N–H and O–H groups in total. The minimum atomic E-state index is -0.0718. The molecule has 1 heterocycles. The smallest absolute Gasteiger partial charge is 0.179 e. The predicted molar refractivity (Wildman–Crippen MR) is 83.4 cm³/mol. The van der Waals surface area contributed by atoms with Crippen LogP contribution in [0.2, 0.25) is 5.02 Å². The van der Waals surface area contributed by atoms with E-state index in [1.807, 2.05) is 0 Å². The van der Waals surface area contributed by atoms with Crippen molar-refractivity contribution in [3.05, 3.63) is 22.7 Å². The molecule has 0 amide bonds. The Balaban J connectivity index is 1.90. The summed E-state index contributed by atoms with van der Waals surface area (Å²) in [5.41, 5.74) is 0.711. The van der Waals surface area contributed by atoms with E-state index in [1.54, 1.807) is 19.2 Å². The monoisotopic (exact) mass is 314 g/mol. The van der Waals surface area contributed by atoms with E-state index >= 15 is 0 Å². The van der Waals surface area contributed by atoms with Gasteiger partial charge in [-0.3, -0.25) is 4.90 Å². The van der Waals surface area contributed by atoms with E-state index in [0.717, 1.165) is 32.7 Å². The molecule has 0 aliphatic carbocycles. The molecule has 0 radical (unpaired) electrons. The van der Waals surface area contributed by atoms with Crippen molar-refractivity contribution < 1.29 is 14.6 Å². The van der Waals surface area contributed by atoms with Crippen LogP contribution in [0.1, 0.15) is 5.56 Å². The third-order valence-electron chi connectivity index (χ3n) is 3.72. The third kappa shape index (κ3) is 4.48. The van der Waals surface area contributed by atoms with E-state index in [9.17, 15) is 5.11 Å². The summed E-state index contributed by atoms with van der Waals surface area (Å²) in [6.07, 6.45) is 0. The van der Waals surface area contributed by atoms with E-state index < -0.39 is 0 Å². The average Bonchev–Trinajstić information content (AvgIpc) is 2.50. The Morgan fingerprint density at radius 2 is 1.95 bits per heavy atom. The molecule has 1 aromatic rings. The fourth-order valence-corrected chi connectivity index (χ4v) is 2.64. The molecule has 1 aliphatic heterocycles. The highest BCUT2D eigenvalue weighted by Crippen LogP contribution is 2.36. The number of piperazine rings is 1. The van der Waals surface area contributed by atoms with Gasteiger partial charge < -0.3 is 19.5 Å². The summed E-state index contributed by atoms with van der Waals surface area (Å²) in [7, 11) is 3.71. The van der Waals surface area contributed by atoms with Crippen LogP contribution >= 0.6 is 11.6 Å². The largest absolute Gasteiger partial charge is 0.493 e. The lowest BCUT2D eigenvalue weighted by molar-refractivity contribution is 0.133. The number of benzene rings is 1. The molecule has 0 atom stereocenters. The molecule has 21 heavy (non-hydrogen) atoms. The topological polar surface area (TPSA) is 45.2 Å². The molecular formula is C15H23ClN2O3. The second-order valence-electron chi connectivity index (χ2n) is 5.26. The molecule has 1 fully saturated rings. The SMILES string of the molecule is COc1cc(CO)cc(Cl)c1OCCN1CCN(C)CC1. The summed E-state index contributed by atoms with van der Waals surface area (Å²) in [5, 5.41) is 9.64. The van der Waals surface area contributed by atoms with Crippen molar-refractivity contribution in [1.29, 1.82) is 0 Å². The first-order valence-corrected chi connectivity index (χ1v) is 7.52. The Morgan fingerprint density at radius 1 is 1.24 bits per heavy atom. The molecule has 118 valence electrons. The zero-order valence-corrected chi connectivity index (χ0v) is 13.4. The highest BCUT2D eigenvalue weighted by Gasteiger charge is 2.15. The van der Waals surface area contributed by atoms with Crippen LogP contribution in [-0.2, 0) is 6.61 Å². The van der Waals surface area contributed by atoms with Gasteiger partial charge in [-0.15, -0.1) is 0 Å². The van der Waals surface area contributed by atoms with Crippen molar-refractivity contribution in [3.63, 3.8) is 0 Å².